The molecule has 0 unspecified atom stereocenters. The van der Waals surface area contributed by atoms with Crippen molar-refractivity contribution in [3.63, 3.8) is 0 Å². The normalized spacial score (nSPS) is 12.2. The second kappa shape index (κ2) is 11.1. The Labute approximate surface area is 205 Å². The van der Waals surface area contributed by atoms with Gasteiger partial charge in [0.15, 0.2) is 0 Å². The maximum atomic E-state index is 12.6. The topological polar surface area (TPSA) is 66.5 Å². The second-order valence-corrected chi connectivity index (χ2v) is 10.6. The zero-order valence-electron chi connectivity index (χ0n) is 18.5. The highest BCUT2D eigenvalue weighted by molar-refractivity contribution is 7.92. The maximum Gasteiger partial charge on any atom is 0.251 e. The number of hydrogen-bond donors (Lipinski definition) is 1. The van der Waals surface area contributed by atoms with Crippen molar-refractivity contribution in [2.24, 2.45) is 0 Å². The van der Waals surface area contributed by atoms with Crippen LogP contribution in [0.15, 0.2) is 72.8 Å². The van der Waals surface area contributed by atoms with Crippen LogP contribution in [0.2, 0.25) is 10.0 Å². The number of aryl methyl sites for hydroxylation is 1. The Kier molecular flexibility index (Phi) is 8.40. The van der Waals surface area contributed by atoms with Crippen molar-refractivity contribution in [2.75, 3.05) is 10.6 Å². The minimum absolute atomic E-state index is 0.0167. The van der Waals surface area contributed by atoms with Gasteiger partial charge in [0.2, 0.25) is 10.0 Å². The number of nitrogens with zero attached hydrogens (tertiary/aromatic N) is 1. The van der Waals surface area contributed by atoms with Crippen LogP contribution >= 0.6 is 23.2 Å². The van der Waals surface area contributed by atoms with Gasteiger partial charge in [-0.3, -0.25) is 9.10 Å². The monoisotopic (exact) mass is 504 g/mol. The summed E-state index contributed by atoms with van der Waals surface area (Å²) in [7, 11) is -3.62. The molecule has 0 saturated carbocycles. The van der Waals surface area contributed by atoms with Gasteiger partial charge >= 0.3 is 0 Å². The standard InChI is InChI=1S/C25H26Cl2N2O3S/c1-18(11-12-19-7-4-3-5-8-19)28-25(30)21-15-13-20(14-16-21)17-29(33(2,31)32)23-10-6-9-22(26)24(23)27/h3-10,13-16,18H,11-12,17H2,1-2H3,(H,28,30)/t18-/m0/s1. The molecule has 0 saturated heterocycles. The summed E-state index contributed by atoms with van der Waals surface area (Å²) in [6, 6.07) is 21.9. The van der Waals surface area contributed by atoms with Gasteiger partial charge in [0, 0.05) is 11.6 Å². The third kappa shape index (κ3) is 6.97. The van der Waals surface area contributed by atoms with Gasteiger partial charge in [-0.1, -0.05) is 71.7 Å². The van der Waals surface area contributed by atoms with Crippen LogP contribution in [-0.4, -0.2) is 26.6 Å². The van der Waals surface area contributed by atoms with Gasteiger partial charge < -0.3 is 5.32 Å². The van der Waals surface area contributed by atoms with E-state index in [1.54, 1.807) is 42.5 Å². The van der Waals surface area contributed by atoms with Gasteiger partial charge in [0.05, 0.1) is 28.5 Å². The zero-order valence-corrected chi connectivity index (χ0v) is 20.8. The lowest BCUT2D eigenvalue weighted by Gasteiger charge is -2.24. The molecule has 0 spiro atoms. The van der Waals surface area contributed by atoms with Crippen molar-refractivity contribution in [1.29, 1.82) is 0 Å². The molecule has 1 N–H and O–H groups in total. The van der Waals surface area contributed by atoms with Crippen molar-refractivity contribution >= 4 is 44.8 Å². The van der Waals surface area contributed by atoms with Crippen LogP contribution in [0.1, 0.15) is 34.8 Å². The summed E-state index contributed by atoms with van der Waals surface area (Å²) in [5.74, 6) is -0.167. The predicted octanol–water partition coefficient (Wildman–Crippen LogP) is 5.71. The molecule has 3 rings (SSSR count). The van der Waals surface area contributed by atoms with Gasteiger partial charge in [-0.25, -0.2) is 8.42 Å². The van der Waals surface area contributed by atoms with E-state index in [0.717, 1.165) is 19.1 Å². The second-order valence-electron chi connectivity index (χ2n) is 7.94. The van der Waals surface area contributed by atoms with Crippen molar-refractivity contribution in [1.82, 2.24) is 5.32 Å². The van der Waals surface area contributed by atoms with Crippen LogP contribution < -0.4 is 9.62 Å². The molecular weight excluding hydrogens is 479 g/mol. The average Bonchev–Trinajstić information content (AvgIpc) is 2.78. The van der Waals surface area contributed by atoms with E-state index in [0.29, 0.717) is 16.8 Å². The minimum Gasteiger partial charge on any atom is -0.350 e. The van der Waals surface area contributed by atoms with Gasteiger partial charge in [-0.05, 0) is 55.2 Å². The molecule has 0 radical (unpaired) electrons. The van der Waals surface area contributed by atoms with Gasteiger partial charge in [0.25, 0.3) is 5.91 Å². The van der Waals surface area contributed by atoms with Crippen LogP contribution in [0.4, 0.5) is 5.69 Å². The number of carbonyl (C=O) groups excluding carboxylic acids is 1. The molecule has 0 heterocycles. The number of halogens is 2. The third-order valence-electron chi connectivity index (χ3n) is 5.23. The highest BCUT2D eigenvalue weighted by Gasteiger charge is 2.22. The Bertz CT molecular complexity index is 1200. The van der Waals surface area contributed by atoms with Crippen molar-refractivity contribution in [2.45, 2.75) is 32.4 Å². The average molecular weight is 505 g/mol. The summed E-state index contributed by atoms with van der Waals surface area (Å²) >= 11 is 12.3. The Morgan fingerprint density at radius 3 is 2.24 bits per heavy atom. The van der Waals surface area contributed by atoms with Crippen molar-refractivity contribution in [3.8, 4) is 0 Å². The van der Waals surface area contributed by atoms with E-state index in [1.807, 2.05) is 25.1 Å². The van der Waals surface area contributed by atoms with Crippen molar-refractivity contribution in [3.05, 3.63) is 99.5 Å². The Morgan fingerprint density at radius 1 is 0.939 bits per heavy atom. The highest BCUT2D eigenvalue weighted by atomic mass is 35.5. The fourth-order valence-electron chi connectivity index (χ4n) is 3.40. The van der Waals surface area contributed by atoms with Crippen LogP contribution in [0, 0.1) is 0 Å². The highest BCUT2D eigenvalue weighted by Crippen LogP contribution is 2.34. The van der Waals surface area contributed by atoms with Crippen LogP contribution in [-0.2, 0) is 23.0 Å². The molecule has 0 aromatic heterocycles. The van der Waals surface area contributed by atoms with E-state index < -0.39 is 10.0 Å². The van der Waals surface area contributed by atoms with E-state index in [9.17, 15) is 13.2 Å². The molecule has 1 atom stereocenters. The lowest BCUT2D eigenvalue weighted by atomic mass is 10.1. The van der Waals surface area contributed by atoms with E-state index >= 15 is 0 Å². The third-order valence-corrected chi connectivity index (χ3v) is 7.16. The SMILES string of the molecule is C[C@@H](CCc1ccccc1)NC(=O)c1ccc(CN(c2cccc(Cl)c2Cl)S(C)(=O)=O)cc1. The lowest BCUT2D eigenvalue weighted by Crippen LogP contribution is -2.33. The molecular formula is C25H26Cl2N2O3S. The summed E-state index contributed by atoms with van der Waals surface area (Å²) in [6.45, 7) is 2.04. The van der Waals surface area contributed by atoms with E-state index in [1.165, 1.54) is 9.87 Å². The van der Waals surface area contributed by atoms with E-state index in [4.69, 9.17) is 23.2 Å². The van der Waals surface area contributed by atoms with Gasteiger partial charge in [0.1, 0.15) is 0 Å². The number of carbonyl (C=O) groups is 1. The molecule has 3 aromatic rings. The Morgan fingerprint density at radius 2 is 1.61 bits per heavy atom. The first-order valence-electron chi connectivity index (χ1n) is 10.5. The molecule has 0 fully saturated rings. The first kappa shape index (κ1) is 25.1. The van der Waals surface area contributed by atoms with E-state index in [2.05, 4.69) is 17.4 Å². The number of hydrogen-bond acceptors (Lipinski definition) is 3. The number of amides is 1. The number of anilines is 1. The van der Waals surface area contributed by atoms with Gasteiger partial charge in [-0.15, -0.1) is 0 Å². The van der Waals surface area contributed by atoms with Gasteiger partial charge in [-0.2, -0.15) is 0 Å². The molecule has 5 nitrogen and oxygen atoms in total. The number of nitrogens with one attached hydrogen (secondary N) is 1. The molecule has 0 aliphatic heterocycles. The Hall–Kier alpha value is -2.54. The first-order chi connectivity index (χ1) is 15.6. The lowest BCUT2D eigenvalue weighted by molar-refractivity contribution is 0.0938. The quantitative estimate of drug-likeness (QED) is 0.405. The fourth-order valence-corrected chi connectivity index (χ4v) is 4.74. The smallest absolute Gasteiger partial charge is 0.251 e. The largest absolute Gasteiger partial charge is 0.350 e. The van der Waals surface area contributed by atoms with E-state index in [-0.39, 0.29) is 28.5 Å². The minimum atomic E-state index is -3.62. The van der Waals surface area contributed by atoms with Crippen LogP contribution in [0.5, 0.6) is 0 Å². The fraction of sp³-hybridized carbons (Fsp3) is 0.240. The first-order valence-corrected chi connectivity index (χ1v) is 13.1. The van der Waals surface area contributed by atoms with Crippen molar-refractivity contribution < 1.29 is 13.2 Å². The maximum absolute atomic E-state index is 12.6. The summed E-state index contributed by atoms with van der Waals surface area (Å²) < 4.78 is 26.0. The Balaban J connectivity index is 1.65. The van der Waals surface area contributed by atoms with Crippen LogP contribution in [0.25, 0.3) is 0 Å². The summed E-state index contributed by atoms with van der Waals surface area (Å²) in [5, 5.41) is 3.46. The molecule has 174 valence electrons. The predicted molar refractivity (Wildman–Crippen MR) is 136 cm³/mol. The van der Waals surface area contributed by atoms with Crippen LogP contribution in [0.3, 0.4) is 0 Å². The molecule has 1 amide bonds. The summed E-state index contributed by atoms with van der Waals surface area (Å²) in [5.41, 5.74) is 2.76. The number of benzene rings is 3. The molecule has 33 heavy (non-hydrogen) atoms. The molecule has 0 aliphatic carbocycles. The number of rotatable bonds is 9. The summed E-state index contributed by atoms with van der Waals surface area (Å²) in [6.07, 6.45) is 2.83. The number of sulfonamides is 1. The zero-order chi connectivity index (χ0) is 24.0. The molecule has 0 bridgehead atoms. The molecule has 3 aromatic carbocycles. The molecule has 8 heteroatoms. The molecule has 0 aliphatic rings. The summed E-state index contributed by atoms with van der Waals surface area (Å²) in [4.78, 5) is 12.6.